The normalized spacial score (nSPS) is 13.4. The number of hydrogen-bond acceptors (Lipinski definition) is 1. The summed E-state index contributed by atoms with van der Waals surface area (Å²) in [5.74, 6) is 0. The third-order valence-corrected chi connectivity index (χ3v) is 2.81. The van der Waals surface area contributed by atoms with Crippen molar-refractivity contribution in [3.63, 3.8) is 0 Å². The van der Waals surface area contributed by atoms with Crippen molar-refractivity contribution >= 4 is 17.4 Å². The van der Waals surface area contributed by atoms with E-state index >= 15 is 0 Å². The second-order valence-corrected chi connectivity index (χ2v) is 4.19. The zero-order chi connectivity index (χ0) is 14.1. The fraction of sp³-hybridized carbons (Fsp3) is 0.167. The molecule has 1 nitrogen and oxygen atoms in total. The lowest BCUT2D eigenvalue weighted by molar-refractivity contribution is 1.47. The van der Waals surface area contributed by atoms with Crippen LogP contribution in [0.15, 0.2) is 66.2 Å². The predicted molar refractivity (Wildman–Crippen MR) is 87.5 cm³/mol. The summed E-state index contributed by atoms with van der Waals surface area (Å²) in [6, 6.07) is 8.45. The van der Waals surface area contributed by atoms with Crippen molar-refractivity contribution < 1.29 is 0 Å². The minimum atomic E-state index is 1.08. The molecule has 1 aromatic rings. The van der Waals surface area contributed by atoms with Crippen molar-refractivity contribution in [2.24, 2.45) is 4.99 Å². The lowest BCUT2D eigenvalue weighted by Crippen LogP contribution is -1.85. The van der Waals surface area contributed by atoms with E-state index in [-0.39, 0.29) is 0 Å². The zero-order valence-corrected chi connectivity index (χ0v) is 11.9. The molecule has 0 aromatic heterocycles. The number of allylic oxidation sites excluding steroid dienone is 7. The second kappa shape index (κ2) is 8.04. The number of hydrogen-bond donors (Lipinski definition) is 0. The van der Waals surface area contributed by atoms with Gasteiger partial charge in [-0.2, -0.15) is 0 Å². The van der Waals surface area contributed by atoms with Gasteiger partial charge in [0, 0.05) is 13.3 Å². The van der Waals surface area contributed by atoms with Crippen LogP contribution >= 0.6 is 0 Å². The molecular weight excluding hydrogens is 230 g/mol. The van der Waals surface area contributed by atoms with Gasteiger partial charge in [-0.05, 0) is 48.3 Å². The van der Waals surface area contributed by atoms with Gasteiger partial charge in [0.1, 0.15) is 0 Å². The van der Waals surface area contributed by atoms with Crippen molar-refractivity contribution in [2.75, 3.05) is 7.05 Å². The Morgan fingerprint density at radius 3 is 2.58 bits per heavy atom. The number of nitrogens with zero attached hydrogens (tertiary/aromatic N) is 1. The second-order valence-electron chi connectivity index (χ2n) is 4.19. The van der Waals surface area contributed by atoms with Gasteiger partial charge in [0.15, 0.2) is 0 Å². The predicted octanol–water partition coefficient (Wildman–Crippen LogP) is 4.94. The van der Waals surface area contributed by atoms with Crippen LogP contribution in [0.4, 0.5) is 0 Å². The largest absolute Gasteiger partial charge is 0.296 e. The summed E-state index contributed by atoms with van der Waals surface area (Å²) < 4.78 is 0. The van der Waals surface area contributed by atoms with Gasteiger partial charge in [0.2, 0.25) is 0 Å². The molecule has 0 heterocycles. The molecule has 0 amide bonds. The fourth-order valence-corrected chi connectivity index (χ4v) is 1.72. The summed E-state index contributed by atoms with van der Waals surface area (Å²) in [7, 11) is 1.76. The van der Waals surface area contributed by atoms with Crippen molar-refractivity contribution in [1.82, 2.24) is 0 Å². The summed E-state index contributed by atoms with van der Waals surface area (Å²) in [4.78, 5) is 3.98. The third kappa shape index (κ3) is 4.55. The molecule has 0 saturated heterocycles. The highest BCUT2D eigenvalue weighted by molar-refractivity contribution is 5.88. The quantitative estimate of drug-likeness (QED) is 0.519. The molecule has 1 aromatic carbocycles. The van der Waals surface area contributed by atoms with Gasteiger partial charge in [0.25, 0.3) is 0 Å². The topological polar surface area (TPSA) is 12.4 Å². The average Bonchev–Trinajstić information content (AvgIpc) is 2.46. The zero-order valence-electron chi connectivity index (χ0n) is 11.9. The van der Waals surface area contributed by atoms with Crippen LogP contribution in [0.5, 0.6) is 0 Å². The maximum Gasteiger partial charge on any atom is 0.0277 e. The van der Waals surface area contributed by atoms with Gasteiger partial charge in [0.05, 0.1) is 0 Å². The summed E-state index contributed by atoms with van der Waals surface area (Å²) >= 11 is 0. The number of benzene rings is 1. The van der Waals surface area contributed by atoms with E-state index in [1.165, 1.54) is 11.1 Å². The molecule has 0 aliphatic carbocycles. The monoisotopic (exact) mass is 251 g/mol. The Kier molecular flexibility index (Phi) is 6.31. The van der Waals surface area contributed by atoms with Crippen molar-refractivity contribution in [3.8, 4) is 0 Å². The van der Waals surface area contributed by atoms with Gasteiger partial charge < -0.3 is 0 Å². The average molecular weight is 251 g/mol. The minimum Gasteiger partial charge on any atom is -0.296 e. The Morgan fingerprint density at radius 2 is 1.95 bits per heavy atom. The van der Waals surface area contributed by atoms with Gasteiger partial charge >= 0.3 is 0 Å². The van der Waals surface area contributed by atoms with Crippen LogP contribution in [0, 0.1) is 0 Å². The summed E-state index contributed by atoms with van der Waals surface area (Å²) in [6.45, 7) is 7.99. The molecule has 0 bridgehead atoms. The first-order valence-electron chi connectivity index (χ1n) is 6.38. The standard InChI is InChI=1S/C18H21N/c1-5-7-9-15(3)17-10-8-11-18(14-17)16(6-2)12-13-19-4/h5-14H,2H2,1,3-4H3/b7-5-,15-9+,16-12+,19-13?. The number of rotatable bonds is 5. The van der Waals surface area contributed by atoms with E-state index in [0.29, 0.717) is 0 Å². The van der Waals surface area contributed by atoms with Crippen LogP contribution in [0.1, 0.15) is 25.0 Å². The van der Waals surface area contributed by atoms with Gasteiger partial charge in [-0.1, -0.05) is 49.1 Å². The molecular formula is C18H21N. The molecule has 0 aliphatic heterocycles. The molecule has 0 radical (unpaired) electrons. The molecule has 1 heteroatoms. The van der Waals surface area contributed by atoms with Gasteiger partial charge in [-0.15, -0.1) is 0 Å². The van der Waals surface area contributed by atoms with E-state index in [9.17, 15) is 0 Å². The van der Waals surface area contributed by atoms with Crippen LogP contribution in [0.3, 0.4) is 0 Å². The highest BCUT2D eigenvalue weighted by Crippen LogP contribution is 2.21. The van der Waals surface area contributed by atoms with Crippen LogP contribution in [-0.2, 0) is 0 Å². The molecule has 0 fully saturated rings. The Bertz CT molecular complexity index is 543. The van der Waals surface area contributed by atoms with Crippen molar-refractivity contribution in [1.29, 1.82) is 0 Å². The molecule has 0 unspecified atom stereocenters. The third-order valence-electron chi connectivity index (χ3n) is 2.81. The van der Waals surface area contributed by atoms with E-state index in [4.69, 9.17) is 0 Å². The molecule has 98 valence electrons. The highest BCUT2D eigenvalue weighted by Gasteiger charge is 2.00. The first kappa shape index (κ1) is 14.9. The molecule has 19 heavy (non-hydrogen) atoms. The first-order chi connectivity index (χ1) is 9.22. The van der Waals surface area contributed by atoms with Gasteiger partial charge in [-0.25, -0.2) is 0 Å². The maximum absolute atomic E-state index is 3.98. The first-order valence-corrected chi connectivity index (χ1v) is 6.38. The fourth-order valence-electron chi connectivity index (χ4n) is 1.72. The lowest BCUT2D eigenvalue weighted by atomic mass is 9.99. The lowest BCUT2D eigenvalue weighted by Gasteiger charge is -2.06. The highest BCUT2D eigenvalue weighted by atomic mass is 14.6. The van der Waals surface area contributed by atoms with E-state index in [1.807, 2.05) is 25.2 Å². The Hall–Kier alpha value is -2.15. The molecule has 0 aliphatic rings. The SMILES string of the molecule is C=C/C(=C\C=NC)c1cccc(/C(C)=C/C=C\C)c1. The molecule has 0 spiro atoms. The maximum atomic E-state index is 3.98. The van der Waals surface area contributed by atoms with Crippen LogP contribution < -0.4 is 0 Å². The minimum absolute atomic E-state index is 1.08. The number of aliphatic imine (C=N–C) groups is 1. The van der Waals surface area contributed by atoms with Crippen molar-refractivity contribution in [3.05, 3.63) is 72.4 Å². The van der Waals surface area contributed by atoms with E-state index in [0.717, 1.165) is 11.1 Å². The Labute approximate surface area is 116 Å². The Morgan fingerprint density at radius 1 is 1.21 bits per heavy atom. The van der Waals surface area contributed by atoms with E-state index in [1.54, 1.807) is 13.3 Å². The smallest absolute Gasteiger partial charge is 0.0277 e. The molecule has 0 saturated carbocycles. The van der Waals surface area contributed by atoms with E-state index in [2.05, 4.69) is 54.9 Å². The van der Waals surface area contributed by atoms with Crippen LogP contribution in [0.2, 0.25) is 0 Å². The molecule has 1 rings (SSSR count). The molecule has 0 atom stereocenters. The van der Waals surface area contributed by atoms with E-state index < -0.39 is 0 Å². The summed E-state index contributed by atoms with van der Waals surface area (Å²) in [5, 5.41) is 0. The van der Waals surface area contributed by atoms with Gasteiger partial charge in [-0.3, -0.25) is 4.99 Å². The molecule has 0 N–H and O–H groups in total. The summed E-state index contributed by atoms with van der Waals surface area (Å²) in [5.41, 5.74) is 4.69. The van der Waals surface area contributed by atoms with Crippen LogP contribution in [-0.4, -0.2) is 13.3 Å². The summed E-state index contributed by atoms with van der Waals surface area (Å²) in [6.07, 6.45) is 11.8. The van der Waals surface area contributed by atoms with Crippen LogP contribution in [0.25, 0.3) is 11.1 Å². The van der Waals surface area contributed by atoms with Crippen molar-refractivity contribution in [2.45, 2.75) is 13.8 Å². The Balaban J connectivity index is 3.16.